The molecule has 0 aromatic rings. The number of rotatable bonds is 2. The second-order valence-electron chi connectivity index (χ2n) is 12.0. The number of ketones is 1. The van der Waals surface area contributed by atoms with E-state index in [1.54, 1.807) is 19.1 Å². The van der Waals surface area contributed by atoms with Crippen LogP contribution in [0.25, 0.3) is 0 Å². The van der Waals surface area contributed by atoms with Gasteiger partial charge in [-0.3, -0.25) is 4.79 Å². The van der Waals surface area contributed by atoms with Crippen LogP contribution in [0.5, 0.6) is 0 Å². The zero-order chi connectivity index (χ0) is 24.0. The van der Waals surface area contributed by atoms with Crippen molar-refractivity contribution in [2.75, 3.05) is 0 Å². The Morgan fingerprint density at radius 3 is 2.48 bits per heavy atom. The molecule has 9 atom stereocenters. The third-order valence-electron chi connectivity index (χ3n) is 11.0. The van der Waals surface area contributed by atoms with Gasteiger partial charge in [0.2, 0.25) is 0 Å². The monoisotopic (exact) mass is 454 g/mol. The van der Waals surface area contributed by atoms with E-state index in [0.29, 0.717) is 24.8 Å². The van der Waals surface area contributed by atoms with Crippen LogP contribution in [0.1, 0.15) is 73.1 Å². The molecule has 2 N–H and O–H groups in total. The van der Waals surface area contributed by atoms with Gasteiger partial charge in [0, 0.05) is 23.3 Å². The first-order chi connectivity index (χ1) is 15.4. The van der Waals surface area contributed by atoms with E-state index in [-0.39, 0.29) is 46.9 Å². The fourth-order valence-electron chi connectivity index (χ4n) is 8.38. The molecule has 0 unspecified atom stereocenters. The Morgan fingerprint density at radius 1 is 1.09 bits per heavy atom. The molecule has 33 heavy (non-hydrogen) atoms. The van der Waals surface area contributed by atoms with Crippen LogP contribution in [0, 0.1) is 34.5 Å². The zero-order valence-corrected chi connectivity index (χ0v) is 20.6. The summed E-state index contributed by atoms with van der Waals surface area (Å²) in [6.07, 6.45) is 11.4. The number of fused-ring (bicyclic) bond motifs is 5. The highest BCUT2D eigenvalue weighted by Crippen LogP contribution is 2.68. The Balaban J connectivity index is 1.47. The summed E-state index contributed by atoms with van der Waals surface area (Å²) in [5.41, 5.74) is -1.52. The van der Waals surface area contributed by atoms with Gasteiger partial charge in [0.1, 0.15) is 6.10 Å². The van der Waals surface area contributed by atoms with Crippen molar-refractivity contribution in [2.45, 2.75) is 90.4 Å². The molecule has 0 saturated heterocycles. The van der Waals surface area contributed by atoms with E-state index in [9.17, 15) is 19.8 Å². The van der Waals surface area contributed by atoms with Gasteiger partial charge in [0.25, 0.3) is 0 Å². The van der Waals surface area contributed by atoms with E-state index in [1.165, 1.54) is 0 Å². The first-order valence-corrected chi connectivity index (χ1v) is 12.6. The van der Waals surface area contributed by atoms with Crippen molar-refractivity contribution in [1.82, 2.24) is 0 Å². The van der Waals surface area contributed by atoms with Gasteiger partial charge < -0.3 is 14.9 Å². The summed E-state index contributed by atoms with van der Waals surface area (Å²) in [4.78, 5) is 25.5. The first-order valence-electron chi connectivity index (χ1n) is 12.6. The molecule has 1 heterocycles. The predicted molar refractivity (Wildman–Crippen MR) is 125 cm³/mol. The molecule has 2 fully saturated rings. The van der Waals surface area contributed by atoms with E-state index in [4.69, 9.17) is 4.74 Å². The smallest absolute Gasteiger partial charge is 0.333 e. The molecular formula is C28H38O5. The van der Waals surface area contributed by atoms with Gasteiger partial charge in [-0.2, -0.15) is 0 Å². The molecule has 0 aromatic heterocycles. The van der Waals surface area contributed by atoms with E-state index in [0.717, 1.165) is 24.8 Å². The minimum absolute atomic E-state index is 0.0209. The fourth-order valence-corrected chi connectivity index (χ4v) is 8.38. The summed E-state index contributed by atoms with van der Waals surface area (Å²) in [6, 6.07) is 0. The first kappa shape index (κ1) is 23.0. The van der Waals surface area contributed by atoms with Crippen molar-refractivity contribution in [3.05, 3.63) is 35.5 Å². The van der Waals surface area contributed by atoms with Crippen LogP contribution in [-0.4, -0.2) is 39.3 Å². The van der Waals surface area contributed by atoms with Gasteiger partial charge in [0.05, 0.1) is 16.6 Å². The van der Waals surface area contributed by atoms with Gasteiger partial charge >= 0.3 is 5.97 Å². The number of hydrogen-bond acceptors (Lipinski definition) is 5. The summed E-state index contributed by atoms with van der Waals surface area (Å²) in [5.74, 6) is -0.0148. The Hall–Kier alpha value is -1.72. The second-order valence-corrected chi connectivity index (χ2v) is 12.0. The van der Waals surface area contributed by atoms with Gasteiger partial charge in [-0.05, 0) is 76.7 Å². The molecular weight excluding hydrogens is 416 g/mol. The van der Waals surface area contributed by atoms with E-state index in [1.807, 2.05) is 26.8 Å². The molecule has 5 heteroatoms. The largest absolute Gasteiger partial charge is 0.458 e. The number of esters is 1. The highest BCUT2D eigenvalue weighted by molar-refractivity contribution is 5.97. The van der Waals surface area contributed by atoms with Crippen molar-refractivity contribution in [1.29, 1.82) is 0 Å². The molecule has 4 aliphatic carbocycles. The summed E-state index contributed by atoms with van der Waals surface area (Å²) >= 11 is 0. The molecule has 1 aliphatic heterocycles. The number of carbonyl (C=O) groups is 2. The second kappa shape index (κ2) is 7.14. The minimum atomic E-state index is -1.13. The lowest BCUT2D eigenvalue weighted by atomic mass is 9.45. The Kier molecular flexibility index (Phi) is 4.99. The molecule has 0 aromatic carbocycles. The van der Waals surface area contributed by atoms with Crippen molar-refractivity contribution in [3.63, 3.8) is 0 Å². The number of carbonyl (C=O) groups excluding carboxylic acids is 2. The maximum absolute atomic E-state index is 13.1. The molecule has 5 rings (SSSR count). The molecule has 0 bridgehead atoms. The van der Waals surface area contributed by atoms with Crippen LogP contribution in [0.2, 0.25) is 0 Å². The normalized spacial score (nSPS) is 49.9. The lowest BCUT2D eigenvalue weighted by Gasteiger charge is -2.60. The number of hydrogen-bond donors (Lipinski definition) is 2. The number of allylic oxidation sites excluding steroid dienone is 2. The van der Waals surface area contributed by atoms with Crippen LogP contribution in [0.4, 0.5) is 0 Å². The SMILES string of the molecule is CC1=C(C)C(=O)O[C@H]([C@H](C)[C@@]2(O)CC[C@H]3[C@@H]4C=C[C@@]5(O)CC=CC(=O)[C@]5(C)[C@@H]4CC[C@]32C)C1. The lowest BCUT2D eigenvalue weighted by Crippen LogP contribution is -2.63. The zero-order valence-electron chi connectivity index (χ0n) is 20.6. The van der Waals surface area contributed by atoms with Gasteiger partial charge in [-0.15, -0.1) is 0 Å². The van der Waals surface area contributed by atoms with Crippen LogP contribution >= 0.6 is 0 Å². The van der Waals surface area contributed by atoms with Crippen LogP contribution in [0.3, 0.4) is 0 Å². The Labute approximate surface area is 197 Å². The minimum Gasteiger partial charge on any atom is -0.458 e. The average Bonchev–Trinajstić information content (AvgIpc) is 3.05. The number of ether oxygens (including phenoxy) is 1. The molecule has 5 aliphatic rings. The molecule has 5 nitrogen and oxygen atoms in total. The van der Waals surface area contributed by atoms with E-state index in [2.05, 4.69) is 13.0 Å². The summed E-state index contributed by atoms with van der Waals surface area (Å²) in [5, 5.41) is 23.7. The van der Waals surface area contributed by atoms with Crippen molar-refractivity contribution in [3.8, 4) is 0 Å². The highest BCUT2D eigenvalue weighted by atomic mass is 16.5. The third kappa shape index (κ3) is 2.78. The summed E-state index contributed by atoms with van der Waals surface area (Å²) in [7, 11) is 0. The molecule has 180 valence electrons. The Bertz CT molecular complexity index is 992. The maximum atomic E-state index is 13.1. The van der Waals surface area contributed by atoms with Crippen molar-refractivity contribution >= 4 is 11.8 Å². The standard InChI is InChI=1S/C28H38O5/c1-16-15-22(33-24(30)17(16)2)18(3)28(32)14-10-20-19-8-13-27(31)11-6-7-23(29)26(27,5)21(19)9-12-25(20,28)4/h6-8,13,18-22,31-32H,9-12,14-15H2,1-5H3/t18-,19-,20-,21+,22-,25+,26-,27-,28-/m0/s1. The van der Waals surface area contributed by atoms with Crippen LogP contribution in [0.15, 0.2) is 35.5 Å². The average molecular weight is 455 g/mol. The van der Waals surface area contributed by atoms with E-state index >= 15 is 0 Å². The predicted octanol–water partition coefficient (Wildman–Crippen LogP) is 4.28. The Morgan fingerprint density at radius 2 is 1.79 bits per heavy atom. The van der Waals surface area contributed by atoms with Crippen molar-refractivity contribution in [2.24, 2.45) is 34.5 Å². The van der Waals surface area contributed by atoms with Crippen LogP contribution in [-0.2, 0) is 14.3 Å². The van der Waals surface area contributed by atoms with E-state index < -0.39 is 16.6 Å². The molecule has 0 radical (unpaired) electrons. The topological polar surface area (TPSA) is 83.8 Å². The quantitative estimate of drug-likeness (QED) is 0.481. The molecule has 0 spiro atoms. The fraction of sp³-hybridized carbons (Fsp3) is 0.714. The summed E-state index contributed by atoms with van der Waals surface area (Å²) in [6.45, 7) is 9.98. The molecule has 0 amide bonds. The lowest BCUT2D eigenvalue weighted by molar-refractivity contribution is -0.188. The van der Waals surface area contributed by atoms with Gasteiger partial charge in [-0.25, -0.2) is 4.79 Å². The number of aliphatic hydroxyl groups is 2. The molecule has 2 saturated carbocycles. The highest BCUT2D eigenvalue weighted by Gasteiger charge is 2.68. The third-order valence-corrected chi connectivity index (χ3v) is 11.0. The van der Waals surface area contributed by atoms with Gasteiger partial charge in [-0.1, -0.05) is 37.6 Å². The maximum Gasteiger partial charge on any atom is 0.333 e. The van der Waals surface area contributed by atoms with Crippen LogP contribution < -0.4 is 0 Å². The van der Waals surface area contributed by atoms with Crippen molar-refractivity contribution < 1.29 is 24.5 Å². The number of cyclic esters (lactones) is 1. The van der Waals surface area contributed by atoms with Gasteiger partial charge in [0.15, 0.2) is 5.78 Å². The summed E-state index contributed by atoms with van der Waals surface area (Å²) < 4.78 is 5.80.